The minimum absolute atomic E-state index is 0.253. The quantitative estimate of drug-likeness (QED) is 0.547. The van der Waals surface area contributed by atoms with Crippen molar-refractivity contribution in [3.05, 3.63) is 89.8 Å². The van der Waals surface area contributed by atoms with Gasteiger partial charge in [-0.3, -0.25) is 4.98 Å². The van der Waals surface area contributed by atoms with Gasteiger partial charge in [0.2, 0.25) is 0 Å². The highest BCUT2D eigenvalue weighted by Gasteiger charge is 2.10. The Labute approximate surface area is 160 Å². The molecule has 140 valence electrons. The van der Waals surface area contributed by atoms with Crippen LogP contribution in [0.15, 0.2) is 71.6 Å². The van der Waals surface area contributed by atoms with E-state index in [1.54, 1.807) is 18.5 Å². The Morgan fingerprint density at radius 1 is 1.04 bits per heavy atom. The third-order valence-corrected chi connectivity index (χ3v) is 4.14. The van der Waals surface area contributed by atoms with Crippen molar-refractivity contribution in [3.63, 3.8) is 0 Å². The van der Waals surface area contributed by atoms with E-state index in [1.807, 2.05) is 36.4 Å². The second-order valence-electron chi connectivity index (χ2n) is 6.24. The maximum absolute atomic E-state index is 13.1. The lowest BCUT2D eigenvalue weighted by molar-refractivity contribution is 0.305. The van der Waals surface area contributed by atoms with Gasteiger partial charge in [0, 0.05) is 30.4 Å². The smallest absolute Gasteiger partial charge is 0.170 e. The van der Waals surface area contributed by atoms with E-state index >= 15 is 0 Å². The summed E-state index contributed by atoms with van der Waals surface area (Å²) in [6.07, 6.45) is 4.98. The molecule has 2 N–H and O–H groups in total. The van der Waals surface area contributed by atoms with Crippen molar-refractivity contribution >= 4 is 5.82 Å². The van der Waals surface area contributed by atoms with E-state index in [0.29, 0.717) is 29.3 Å². The van der Waals surface area contributed by atoms with Gasteiger partial charge in [-0.15, -0.1) is 0 Å². The number of hydrogen-bond acceptors (Lipinski definition) is 6. The molecule has 0 fully saturated rings. The molecule has 1 aromatic carbocycles. The molecule has 0 amide bonds. The van der Waals surface area contributed by atoms with Gasteiger partial charge in [0.05, 0.1) is 17.5 Å². The molecule has 0 radical (unpaired) electrons. The van der Waals surface area contributed by atoms with Crippen LogP contribution in [0.25, 0.3) is 11.3 Å². The van der Waals surface area contributed by atoms with Gasteiger partial charge < -0.3 is 15.0 Å². The van der Waals surface area contributed by atoms with Crippen molar-refractivity contribution in [1.29, 1.82) is 0 Å². The highest BCUT2D eigenvalue weighted by atomic mass is 19.1. The van der Waals surface area contributed by atoms with Crippen LogP contribution in [0.1, 0.15) is 16.8 Å². The number of halogens is 1. The first-order valence-electron chi connectivity index (χ1n) is 8.65. The third kappa shape index (κ3) is 4.15. The van der Waals surface area contributed by atoms with E-state index < -0.39 is 0 Å². The summed E-state index contributed by atoms with van der Waals surface area (Å²) in [4.78, 5) is 7.86. The minimum atomic E-state index is -0.378. The van der Waals surface area contributed by atoms with E-state index in [9.17, 15) is 4.39 Å². The fraction of sp³-hybridized carbons (Fsp3) is 0.0952. The van der Waals surface area contributed by atoms with Crippen molar-refractivity contribution in [2.24, 2.45) is 0 Å². The van der Waals surface area contributed by atoms with Crippen molar-refractivity contribution in [2.45, 2.75) is 13.0 Å². The van der Waals surface area contributed by atoms with Crippen LogP contribution in [-0.2, 0) is 13.0 Å². The Bertz CT molecular complexity index is 1080. The van der Waals surface area contributed by atoms with E-state index in [2.05, 4.69) is 15.1 Å². The molecule has 4 aromatic rings. The molecule has 0 aliphatic rings. The molecule has 0 spiro atoms. The molecule has 7 heteroatoms. The molecule has 0 bridgehead atoms. The number of hydrogen-bond donors (Lipinski definition) is 1. The maximum atomic E-state index is 13.1. The van der Waals surface area contributed by atoms with Crippen molar-refractivity contribution in [3.8, 4) is 17.1 Å². The first-order chi connectivity index (χ1) is 13.7. The van der Waals surface area contributed by atoms with Gasteiger partial charge >= 0.3 is 0 Å². The minimum Gasteiger partial charge on any atom is -0.489 e. The lowest BCUT2D eigenvalue weighted by Gasteiger charge is -2.07. The number of pyridine rings is 2. The highest BCUT2D eigenvalue weighted by Crippen LogP contribution is 2.25. The average molecular weight is 376 g/mol. The molecule has 3 aromatic heterocycles. The topological polar surface area (TPSA) is 87.1 Å². The molecule has 0 saturated heterocycles. The Morgan fingerprint density at radius 3 is 2.68 bits per heavy atom. The molecular weight excluding hydrogens is 359 g/mol. The first-order valence-corrected chi connectivity index (χ1v) is 8.65. The Hall–Kier alpha value is -3.74. The molecule has 0 saturated carbocycles. The molecule has 28 heavy (non-hydrogen) atoms. The number of nitrogen functional groups attached to an aromatic ring is 1. The van der Waals surface area contributed by atoms with Crippen LogP contribution in [0.4, 0.5) is 10.2 Å². The predicted octanol–water partition coefficient (Wildman–Crippen LogP) is 4.02. The summed E-state index contributed by atoms with van der Waals surface area (Å²) in [7, 11) is 0. The largest absolute Gasteiger partial charge is 0.489 e. The van der Waals surface area contributed by atoms with Gasteiger partial charge in [0.1, 0.15) is 24.0 Å². The number of anilines is 1. The zero-order valence-electron chi connectivity index (χ0n) is 14.9. The second kappa shape index (κ2) is 7.87. The lowest BCUT2D eigenvalue weighted by Crippen LogP contribution is -1.97. The molecule has 0 unspecified atom stereocenters. The van der Waals surface area contributed by atoms with Gasteiger partial charge in [0.25, 0.3) is 0 Å². The molecule has 4 rings (SSSR count). The zero-order chi connectivity index (χ0) is 19.3. The number of nitrogens with zero attached hydrogens (tertiary/aromatic N) is 3. The second-order valence-corrected chi connectivity index (χ2v) is 6.24. The number of ether oxygens (including phenoxy) is 1. The lowest BCUT2D eigenvalue weighted by atomic mass is 10.1. The normalized spacial score (nSPS) is 10.8. The summed E-state index contributed by atoms with van der Waals surface area (Å²) >= 11 is 0. The van der Waals surface area contributed by atoms with E-state index in [-0.39, 0.29) is 12.4 Å². The SMILES string of the molecule is Nc1ncccc1-c1cc(Cc2ccc(OCc3cncc(F)c3)cc2)no1. The molecule has 0 aliphatic heterocycles. The van der Waals surface area contributed by atoms with Gasteiger partial charge in [-0.1, -0.05) is 17.3 Å². The Kier molecular flexibility index (Phi) is 4.97. The van der Waals surface area contributed by atoms with Crippen LogP contribution >= 0.6 is 0 Å². The van der Waals surface area contributed by atoms with Crippen LogP contribution in [0.2, 0.25) is 0 Å². The van der Waals surface area contributed by atoms with Crippen molar-refractivity contribution in [2.75, 3.05) is 5.73 Å². The standard InChI is InChI=1S/C21H17FN4O2/c22-16-8-15(11-24-12-16)13-27-18-5-3-14(4-6-18)9-17-10-20(28-26-17)19-2-1-7-25-21(19)23/h1-8,10-12H,9,13H2,(H2,23,25). The van der Waals surface area contributed by atoms with Crippen molar-refractivity contribution in [1.82, 2.24) is 15.1 Å². The number of benzene rings is 1. The van der Waals surface area contributed by atoms with Crippen molar-refractivity contribution < 1.29 is 13.7 Å². The maximum Gasteiger partial charge on any atom is 0.170 e. The summed E-state index contributed by atoms with van der Waals surface area (Å²) in [5.41, 5.74) is 9.11. The van der Waals surface area contributed by atoms with E-state index in [0.717, 1.165) is 23.0 Å². The fourth-order valence-electron chi connectivity index (χ4n) is 2.76. The Morgan fingerprint density at radius 2 is 1.89 bits per heavy atom. The first kappa shape index (κ1) is 17.7. The number of rotatable bonds is 6. The van der Waals surface area contributed by atoms with Crippen LogP contribution < -0.4 is 10.5 Å². The van der Waals surface area contributed by atoms with Gasteiger partial charge in [-0.25, -0.2) is 9.37 Å². The monoisotopic (exact) mass is 376 g/mol. The van der Waals surface area contributed by atoms with E-state index in [4.69, 9.17) is 15.0 Å². The third-order valence-electron chi connectivity index (χ3n) is 4.14. The number of nitrogens with two attached hydrogens (primary N) is 1. The Balaban J connectivity index is 1.39. The van der Waals surface area contributed by atoms with Gasteiger partial charge in [0.15, 0.2) is 5.76 Å². The molecule has 6 nitrogen and oxygen atoms in total. The van der Waals surface area contributed by atoms with Gasteiger partial charge in [-0.05, 0) is 35.9 Å². The van der Waals surface area contributed by atoms with Crippen LogP contribution in [0.3, 0.4) is 0 Å². The fourth-order valence-corrected chi connectivity index (χ4v) is 2.76. The molecule has 0 aliphatic carbocycles. The molecule has 0 atom stereocenters. The summed E-state index contributed by atoms with van der Waals surface area (Å²) in [6, 6.07) is 14.5. The highest BCUT2D eigenvalue weighted by molar-refractivity contribution is 5.69. The van der Waals surface area contributed by atoms with Gasteiger partial charge in [-0.2, -0.15) is 0 Å². The summed E-state index contributed by atoms with van der Waals surface area (Å²) in [5.74, 6) is 1.30. The van der Waals surface area contributed by atoms with Crippen LogP contribution in [0, 0.1) is 5.82 Å². The average Bonchev–Trinajstić information content (AvgIpc) is 3.16. The number of aromatic nitrogens is 3. The zero-order valence-corrected chi connectivity index (χ0v) is 14.9. The summed E-state index contributed by atoms with van der Waals surface area (Å²) < 4.78 is 24.2. The molecule has 3 heterocycles. The van der Waals surface area contributed by atoms with Crippen LogP contribution in [0.5, 0.6) is 5.75 Å². The van der Waals surface area contributed by atoms with E-state index in [1.165, 1.54) is 6.07 Å². The molecular formula is C21H17FN4O2. The van der Waals surface area contributed by atoms with Crippen LogP contribution in [-0.4, -0.2) is 15.1 Å². The predicted molar refractivity (Wildman–Crippen MR) is 102 cm³/mol. The summed E-state index contributed by atoms with van der Waals surface area (Å²) in [6.45, 7) is 0.253. The summed E-state index contributed by atoms with van der Waals surface area (Å²) in [5, 5.41) is 4.10.